The van der Waals surface area contributed by atoms with Gasteiger partial charge in [0.2, 0.25) is 0 Å². The zero-order valence-corrected chi connectivity index (χ0v) is 10.6. The van der Waals surface area contributed by atoms with E-state index in [1.165, 1.54) is 12.0 Å². The standard InChI is InChI=1S/C14H23NO/c1-12(2)15-10-4-5-11-16-14-8-6-13(3)7-9-14/h6-9,12,15H,4-5,10-11H2,1-3H3. The minimum Gasteiger partial charge on any atom is -0.494 e. The molecule has 0 atom stereocenters. The van der Waals surface area contributed by atoms with Crippen LogP contribution in [0.4, 0.5) is 0 Å². The number of unbranched alkanes of at least 4 members (excludes halogenated alkanes) is 1. The Morgan fingerprint density at radius 2 is 1.81 bits per heavy atom. The number of nitrogens with one attached hydrogen (secondary N) is 1. The molecule has 2 nitrogen and oxygen atoms in total. The number of ether oxygens (including phenoxy) is 1. The SMILES string of the molecule is Cc1ccc(OCCCCNC(C)C)cc1. The van der Waals surface area contributed by atoms with Crippen molar-refractivity contribution in [3.63, 3.8) is 0 Å². The van der Waals surface area contributed by atoms with Gasteiger partial charge in [0, 0.05) is 6.04 Å². The molecule has 1 N–H and O–H groups in total. The fourth-order valence-corrected chi connectivity index (χ4v) is 1.44. The van der Waals surface area contributed by atoms with Crippen molar-refractivity contribution in [3.05, 3.63) is 29.8 Å². The zero-order valence-electron chi connectivity index (χ0n) is 10.6. The maximum atomic E-state index is 5.64. The highest BCUT2D eigenvalue weighted by Gasteiger charge is 1.94. The predicted octanol–water partition coefficient (Wildman–Crippen LogP) is 3.15. The van der Waals surface area contributed by atoms with Crippen LogP contribution in [0.2, 0.25) is 0 Å². The summed E-state index contributed by atoms with van der Waals surface area (Å²) in [6.07, 6.45) is 2.28. The number of hydrogen-bond donors (Lipinski definition) is 1. The third kappa shape index (κ3) is 5.76. The molecule has 16 heavy (non-hydrogen) atoms. The largest absolute Gasteiger partial charge is 0.494 e. The lowest BCUT2D eigenvalue weighted by Gasteiger charge is -2.08. The molecule has 0 aliphatic rings. The Morgan fingerprint density at radius 1 is 1.12 bits per heavy atom. The lowest BCUT2D eigenvalue weighted by Crippen LogP contribution is -2.23. The van der Waals surface area contributed by atoms with E-state index in [-0.39, 0.29) is 0 Å². The Bertz CT molecular complexity index is 279. The Hall–Kier alpha value is -1.02. The van der Waals surface area contributed by atoms with E-state index < -0.39 is 0 Å². The molecule has 0 unspecified atom stereocenters. The number of rotatable bonds is 7. The van der Waals surface area contributed by atoms with E-state index in [2.05, 4.69) is 38.2 Å². The fraction of sp³-hybridized carbons (Fsp3) is 0.571. The maximum absolute atomic E-state index is 5.64. The molecular formula is C14H23NO. The van der Waals surface area contributed by atoms with Crippen molar-refractivity contribution in [2.45, 2.75) is 39.7 Å². The van der Waals surface area contributed by atoms with Crippen LogP contribution in [0.5, 0.6) is 5.75 Å². The van der Waals surface area contributed by atoms with E-state index in [9.17, 15) is 0 Å². The number of aryl methyl sites for hydroxylation is 1. The topological polar surface area (TPSA) is 21.3 Å². The van der Waals surface area contributed by atoms with Gasteiger partial charge in [-0.3, -0.25) is 0 Å². The van der Waals surface area contributed by atoms with Crippen molar-refractivity contribution >= 4 is 0 Å². The Labute approximate surface area is 99.0 Å². The quantitative estimate of drug-likeness (QED) is 0.714. The van der Waals surface area contributed by atoms with Crippen molar-refractivity contribution in [1.29, 1.82) is 0 Å². The summed E-state index contributed by atoms with van der Waals surface area (Å²) < 4.78 is 5.64. The van der Waals surface area contributed by atoms with Gasteiger partial charge in [-0.05, 0) is 38.4 Å². The van der Waals surface area contributed by atoms with E-state index >= 15 is 0 Å². The molecular weight excluding hydrogens is 198 g/mol. The minimum atomic E-state index is 0.581. The van der Waals surface area contributed by atoms with E-state index in [1.807, 2.05) is 12.1 Å². The van der Waals surface area contributed by atoms with E-state index in [1.54, 1.807) is 0 Å². The molecule has 90 valence electrons. The van der Waals surface area contributed by atoms with Crippen molar-refractivity contribution in [2.24, 2.45) is 0 Å². The average Bonchev–Trinajstić information content (AvgIpc) is 2.25. The molecule has 2 heteroatoms. The first-order valence-electron chi connectivity index (χ1n) is 6.11. The summed E-state index contributed by atoms with van der Waals surface area (Å²) in [6, 6.07) is 8.80. The first-order valence-corrected chi connectivity index (χ1v) is 6.11. The molecule has 0 amide bonds. The van der Waals surface area contributed by atoms with Crippen LogP contribution in [0.3, 0.4) is 0 Å². The van der Waals surface area contributed by atoms with Crippen LogP contribution in [-0.2, 0) is 0 Å². The number of hydrogen-bond acceptors (Lipinski definition) is 2. The molecule has 0 aliphatic carbocycles. The lowest BCUT2D eigenvalue weighted by molar-refractivity contribution is 0.305. The van der Waals surface area contributed by atoms with Crippen LogP contribution in [0.25, 0.3) is 0 Å². The second-order valence-electron chi connectivity index (χ2n) is 4.48. The Balaban J connectivity index is 2.05. The molecule has 0 saturated carbocycles. The third-order valence-electron chi connectivity index (χ3n) is 2.41. The monoisotopic (exact) mass is 221 g/mol. The highest BCUT2D eigenvalue weighted by atomic mass is 16.5. The second kappa shape index (κ2) is 7.29. The highest BCUT2D eigenvalue weighted by Crippen LogP contribution is 2.11. The summed E-state index contributed by atoms with van der Waals surface area (Å²) in [4.78, 5) is 0. The van der Waals surface area contributed by atoms with Gasteiger partial charge in [-0.15, -0.1) is 0 Å². The normalized spacial score (nSPS) is 10.8. The molecule has 0 aromatic heterocycles. The van der Waals surface area contributed by atoms with Crippen LogP contribution >= 0.6 is 0 Å². The number of benzene rings is 1. The Kier molecular flexibility index (Phi) is 5.94. The molecule has 0 bridgehead atoms. The predicted molar refractivity (Wildman–Crippen MR) is 69.0 cm³/mol. The highest BCUT2D eigenvalue weighted by molar-refractivity contribution is 5.26. The molecule has 0 fully saturated rings. The van der Waals surface area contributed by atoms with Gasteiger partial charge in [-0.2, -0.15) is 0 Å². The van der Waals surface area contributed by atoms with Crippen molar-refractivity contribution in [3.8, 4) is 5.75 Å². The van der Waals surface area contributed by atoms with Gasteiger partial charge in [0.15, 0.2) is 0 Å². The first kappa shape index (κ1) is 13.0. The van der Waals surface area contributed by atoms with E-state index in [4.69, 9.17) is 4.74 Å². The molecule has 1 rings (SSSR count). The molecule has 0 spiro atoms. The van der Waals surface area contributed by atoms with Gasteiger partial charge < -0.3 is 10.1 Å². The van der Waals surface area contributed by atoms with Crippen molar-refractivity contribution < 1.29 is 4.74 Å². The summed E-state index contributed by atoms with van der Waals surface area (Å²) in [5, 5.41) is 3.40. The average molecular weight is 221 g/mol. The summed E-state index contributed by atoms with van der Waals surface area (Å²) in [5.74, 6) is 0.974. The van der Waals surface area contributed by atoms with E-state index in [0.29, 0.717) is 6.04 Å². The van der Waals surface area contributed by atoms with Gasteiger partial charge >= 0.3 is 0 Å². The smallest absolute Gasteiger partial charge is 0.119 e. The summed E-state index contributed by atoms with van der Waals surface area (Å²) >= 11 is 0. The molecule has 0 aliphatic heterocycles. The molecule has 1 aromatic carbocycles. The zero-order chi connectivity index (χ0) is 11.8. The van der Waals surface area contributed by atoms with Crippen LogP contribution in [0.1, 0.15) is 32.3 Å². The second-order valence-corrected chi connectivity index (χ2v) is 4.48. The fourth-order valence-electron chi connectivity index (χ4n) is 1.44. The summed E-state index contributed by atoms with van der Waals surface area (Å²) in [5.41, 5.74) is 1.27. The molecule has 0 heterocycles. The van der Waals surface area contributed by atoms with Gasteiger partial charge in [0.1, 0.15) is 5.75 Å². The third-order valence-corrected chi connectivity index (χ3v) is 2.41. The minimum absolute atomic E-state index is 0.581. The lowest BCUT2D eigenvalue weighted by atomic mass is 10.2. The first-order chi connectivity index (χ1) is 7.68. The van der Waals surface area contributed by atoms with Gasteiger partial charge in [0.25, 0.3) is 0 Å². The van der Waals surface area contributed by atoms with E-state index in [0.717, 1.165) is 25.3 Å². The molecule has 1 aromatic rings. The van der Waals surface area contributed by atoms with Crippen molar-refractivity contribution in [1.82, 2.24) is 5.32 Å². The maximum Gasteiger partial charge on any atom is 0.119 e. The molecule has 0 saturated heterocycles. The van der Waals surface area contributed by atoms with Crippen molar-refractivity contribution in [2.75, 3.05) is 13.2 Å². The van der Waals surface area contributed by atoms with Gasteiger partial charge in [-0.1, -0.05) is 31.5 Å². The Morgan fingerprint density at radius 3 is 2.44 bits per heavy atom. The summed E-state index contributed by atoms with van der Waals surface area (Å²) in [7, 11) is 0. The van der Waals surface area contributed by atoms with Crippen LogP contribution in [-0.4, -0.2) is 19.2 Å². The van der Waals surface area contributed by atoms with Gasteiger partial charge in [-0.25, -0.2) is 0 Å². The van der Waals surface area contributed by atoms with Gasteiger partial charge in [0.05, 0.1) is 6.61 Å². The molecule has 0 radical (unpaired) electrons. The summed E-state index contributed by atoms with van der Waals surface area (Å²) in [6.45, 7) is 8.31. The van der Waals surface area contributed by atoms with Crippen LogP contribution in [0.15, 0.2) is 24.3 Å². The van der Waals surface area contributed by atoms with Crippen LogP contribution < -0.4 is 10.1 Å². The van der Waals surface area contributed by atoms with Crippen LogP contribution in [0, 0.1) is 6.92 Å².